The molecule has 0 radical (unpaired) electrons. The molecule has 0 bridgehead atoms. The summed E-state index contributed by atoms with van der Waals surface area (Å²) in [5.74, 6) is 0.463. The Morgan fingerprint density at radius 3 is 2.88 bits per heavy atom. The predicted octanol–water partition coefficient (Wildman–Crippen LogP) is 1.28. The van der Waals surface area contributed by atoms with E-state index in [1.165, 1.54) is 11.3 Å². The van der Waals surface area contributed by atoms with Crippen molar-refractivity contribution in [1.82, 2.24) is 20.2 Å². The molecule has 128 valence electrons. The van der Waals surface area contributed by atoms with E-state index in [2.05, 4.69) is 20.2 Å². The Balaban J connectivity index is 1.53. The molecule has 1 aliphatic heterocycles. The van der Waals surface area contributed by atoms with Crippen LogP contribution in [0.5, 0.6) is 5.88 Å². The molecule has 1 amide bonds. The molecule has 8 heteroatoms. The number of rotatable bonds is 6. The van der Waals surface area contributed by atoms with Gasteiger partial charge in [-0.05, 0) is 6.07 Å². The van der Waals surface area contributed by atoms with Crippen LogP contribution in [0.1, 0.15) is 9.67 Å². The molecule has 7 nitrogen and oxygen atoms in total. The van der Waals surface area contributed by atoms with Gasteiger partial charge in [0.05, 0.1) is 26.5 Å². The molecule has 1 N–H and O–H groups in total. The van der Waals surface area contributed by atoms with Crippen LogP contribution in [-0.2, 0) is 4.74 Å². The van der Waals surface area contributed by atoms with Gasteiger partial charge in [-0.25, -0.2) is 9.97 Å². The van der Waals surface area contributed by atoms with Gasteiger partial charge in [0.1, 0.15) is 9.88 Å². The number of hydrogen-bond acceptors (Lipinski definition) is 7. The zero-order valence-electron chi connectivity index (χ0n) is 13.5. The SMILES string of the molecule is COc1ccc(-c2ncc(C(=O)NCCN3CCOCC3)s2)cn1. The summed E-state index contributed by atoms with van der Waals surface area (Å²) in [4.78, 5) is 23.6. The van der Waals surface area contributed by atoms with E-state index in [4.69, 9.17) is 9.47 Å². The highest BCUT2D eigenvalue weighted by molar-refractivity contribution is 7.16. The highest BCUT2D eigenvalue weighted by Crippen LogP contribution is 2.25. The van der Waals surface area contributed by atoms with Crippen LogP contribution in [0, 0.1) is 0 Å². The van der Waals surface area contributed by atoms with Crippen molar-refractivity contribution in [3.63, 3.8) is 0 Å². The van der Waals surface area contributed by atoms with Crippen molar-refractivity contribution < 1.29 is 14.3 Å². The molecule has 1 fully saturated rings. The van der Waals surface area contributed by atoms with E-state index in [1.807, 2.05) is 6.07 Å². The number of carbonyl (C=O) groups excluding carboxylic acids is 1. The van der Waals surface area contributed by atoms with E-state index in [0.29, 0.717) is 17.3 Å². The Morgan fingerprint density at radius 2 is 2.17 bits per heavy atom. The van der Waals surface area contributed by atoms with Crippen LogP contribution in [0.25, 0.3) is 10.6 Å². The van der Waals surface area contributed by atoms with Gasteiger partial charge in [0.25, 0.3) is 5.91 Å². The fraction of sp³-hybridized carbons (Fsp3) is 0.438. The van der Waals surface area contributed by atoms with Gasteiger partial charge < -0.3 is 14.8 Å². The monoisotopic (exact) mass is 348 g/mol. The topological polar surface area (TPSA) is 76.6 Å². The normalized spacial score (nSPS) is 15.2. The molecule has 1 saturated heterocycles. The van der Waals surface area contributed by atoms with Crippen molar-refractivity contribution in [2.45, 2.75) is 0 Å². The molecule has 0 spiro atoms. The number of thiazole rings is 1. The maximum Gasteiger partial charge on any atom is 0.263 e. The lowest BCUT2D eigenvalue weighted by Gasteiger charge is -2.26. The average molecular weight is 348 g/mol. The van der Waals surface area contributed by atoms with Gasteiger partial charge in [0.2, 0.25) is 5.88 Å². The lowest BCUT2D eigenvalue weighted by molar-refractivity contribution is 0.0383. The summed E-state index contributed by atoms with van der Waals surface area (Å²) in [5, 5.41) is 3.71. The molecule has 0 aromatic carbocycles. The molecule has 2 aromatic heterocycles. The first-order valence-corrected chi connectivity index (χ1v) is 8.62. The number of hydrogen-bond donors (Lipinski definition) is 1. The van der Waals surface area contributed by atoms with Crippen LogP contribution in [0.2, 0.25) is 0 Å². The Hall–Kier alpha value is -2.03. The summed E-state index contributed by atoms with van der Waals surface area (Å²) >= 11 is 1.36. The van der Waals surface area contributed by atoms with E-state index in [9.17, 15) is 4.79 Å². The number of amides is 1. The minimum absolute atomic E-state index is 0.0894. The smallest absolute Gasteiger partial charge is 0.263 e. The number of aromatic nitrogens is 2. The van der Waals surface area contributed by atoms with Gasteiger partial charge >= 0.3 is 0 Å². The van der Waals surface area contributed by atoms with Crippen LogP contribution in [-0.4, -0.2) is 67.3 Å². The number of nitrogens with zero attached hydrogens (tertiary/aromatic N) is 3. The number of morpholine rings is 1. The van der Waals surface area contributed by atoms with E-state index < -0.39 is 0 Å². The molecule has 1 aliphatic rings. The molecule has 24 heavy (non-hydrogen) atoms. The first-order chi connectivity index (χ1) is 11.8. The van der Waals surface area contributed by atoms with Crippen LogP contribution >= 0.6 is 11.3 Å². The number of pyridine rings is 1. The molecule has 0 atom stereocenters. The van der Waals surface area contributed by atoms with Gasteiger partial charge in [0, 0.05) is 44.0 Å². The van der Waals surface area contributed by atoms with Crippen molar-refractivity contribution in [2.24, 2.45) is 0 Å². The second kappa shape index (κ2) is 8.18. The summed E-state index contributed by atoms with van der Waals surface area (Å²) in [6.45, 7) is 4.83. The second-order valence-electron chi connectivity index (χ2n) is 5.33. The van der Waals surface area contributed by atoms with Crippen LogP contribution in [0.15, 0.2) is 24.5 Å². The van der Waals surface area contributed by atoms with E-state index in [1.54, 1.807) is 25.6 Å². The third-order valence-corrected chi connectivity index (χ3v) is 4.78. The van der Waals surface area contributed by atoms with Gasteiger partial charge in [-0.1, -0.05) is 0 Å². The number of methoxy groups -OCH3 is 1. The van der Waals surface area contributed by atoms with Crippen molar-refractivity contribution in [1.29, 1.82) is 0 Å². The van der Waals surface area contributed by atoms with Crippen molar-refractivity contribution in [3.8, 4) is 16.5 Å². The number of nitrogens with one attached hydrogen (secondary N) is 1. The quantitative estimate of drug-likeness (QED) is 0.847. The molecule has 3 heterocycles. The predicted molar refractivity (Wildman–Crippen MR) is 91.5 cm³/mol. The lowest BCUT2D eigenvalue weighted by Crippen LogP contribution is -2.41. The fourth-order valence-electron chi connectivity index (χ4n) is 2.38. The number of ether oxygens (including phenoxy) is 2. The largest absolute Gasteiger partial charge is 0.481 e. The zero-order valence-corrected chi connectivity index (χ0v) is 14.3. The molecular weight excluding hydrogens is 328 g/mol. The molecule has 2 aromatic rings. The minimum atomic E-state index is -0.0894. The number of carbonyl (C=O) groups is 1. The summed E-state index contributed by atoms with van der Waals surface area (Å²) in [6.07, 6.45) is 3.30. The Morgan fingerprint density at radius 1 is 1.33 bits per heavy atom. The fourth-order valence-corrected chi connectivity index (χ4v) is 3.20. The Labute approximate surface area is 144 Å². The summed E-state index contributed by atoms with van der Waals surface area (Å²) in [5.41, 5.74) is 0.869. The van der Waals surface area contributed by atoms with Gasteiger partial charge in [0.15, 0.2) is 0 Å². The maximum absolute atomic E-state index is 12.2. The first-order valence-electron chi connectivity index (χ1n) is 7.81. The Kier molecular flexibility index (Phi) is 5.73. The van der Waals surface area contributed by atoms with Crippen LogP contribution < -0.4 is 10.1 Å². The Bertz CT molecular complexity index is 668. The zero-order chi connectivity index (χ0) is 16.8. The highest BCUT2D eigenvalue weighted by atomic mass is 32.1. The van der Waals surface area contributed by atoms with Crippen molar-refractivity contribution in [3.05, 3.63) is 29.4 Å². The summed E-state index contributed by atoms with van der Waals surface area (Å²) in [7, 11) is 1.57. The van der Waals surface area contributed by atoms with Gasteiger partial charge in [-0.15, -0.1) is 11.3 Å². The standard InChI is InChI=1S/C16H20N4O3S/c1-22-14-3-2-12(10-18-14)16-19-11-13(24-16)15(21)17-4-5-20-6-8-23-9-7-20/h2-3,10-11H,4-9H2,1H3,(H,17,21). The maximum atomic E-state index is 12.2. The third kappa shape index (κ3) is 4.28. The van der Waals surface area contributed by atoms with E-state index in [0.717, 1.165) is 43.4 Å². The first kappa shape index (κ1) is 16.8. The minimum Gasteiger partial charge on any atom is -0.481 e. The average Bonchev–Trinajstić information content (AvgIpc) is 3.13. The van der Waals surface area contributed by atoms with E-state index >= 15 is 0 Å². The van der Waals surface area contributed by atoms with Crippen LogP contribution in [0.3, 0.4) is 0 Å². The molecule has 0 saturated carbocycles. The van der Waals surface area contributed by atoms with Gasteiger partial charge in [-0.2, -0.15) is 0 Å². The second-order valence-corrected chi connectivity index (χ2v) is 6.36. The summed E-state index contributed by atoms with van der Waals surface area (Å²) < 4.78 is 10.3. The molecular formula is C16H20N4O3S. The van der Waals surface area contributed by atoms with E-state index in [-0.39, 0.29) is 5.91 Å². The highest BCUT2D eigenvalue weighted by Gasteiger charge is 2.13. The molecule has 3 rings (SSSR count). The molecule has 0 unspecified atom stereocenters. The van der Waals surface area contributed by atoms with Crippen molar-refractivity contribution in [2.75, 3.05) is 46.5 Å². The third-order valence-electron chi connectivity index (χ3n) is 3.74. The van der Waals surface area contributed by atoms with Crippen LogP contribution in [0.4, 0.5) is 0 Å². The molecule has 0 aliphatic carbocycles. The summed E-state index contributed by atoms with van der Waals surface area (Å²) in [6, 6.07) is 3.66. The lowest BCUT2D eigenvalue weighted by atomic mass is 10.3. The van der Waals surface area contributed by atoms with Crippen molar-refractivity contribution >= 4 is 17.2 Å². The van der Waals surface area contributed by atoms with Gasteiger partial charge in [-0.3, -0.25) is 9.69 Å².